The maximum Gasteiger partial charge on any atom is 0.348 e. The molecular formula is C22H31N4O2S+. The Hall–Kier alpha value is -2.12. The average molecular weight is 416 g/mol. The van der Waals surface area contributed by atoms with Crippen molar-refractivity contribution >= 4 is 23.4 Å². The van der Waals surface area contributed by atoms with Gasteiger partial charge in [-0.25, -0.2) is 4.79 Å². The molecule has 0 radical (unpaired) electrons. The van der Waals surface area contributed by atoms with Crippen molar-refractivity contribution in [3.8, 4) is 0 Å². The zero-order valence-electron chi connectivity index (χ0n) is 17.8. The lowest BCUT2D eigenvalue weighted by molar-refractivity contribution is -0.858. The highest BCUT2D eigenvalue weighted by Crippen LogP contribution is 2.29. The van der Waals surface area contributed by atoms with E-state index < -0.39 is 0 Å². The van der Waals surface area contributed by atoms with Crippen LogP contribution in [0.5, 0.6) is 0 Å². The van der Waals surface area contributed by atoms with Crippen molar-refractivity contribution in [2.75, 3.05) is 31.7 Å². The van der Waals surface area contributed by atoms with E-state index in [0.717, 1.165) is 66.3 Å². The minimum atomic E-state index is -0.184. The van der Waals surface area contributed by atoms with Gasteiger partial charge in [0.25, 0.3) is 0 Å². The number of hydrogen-bond donors (Lipinski definition) is 2. The first-order valence-electron chi connectivity index (χ1n) is 10.3. The van der Waals surface area contributed by atoms with E-state index in [4.69, 9.17) is 0 Å². The van der Waals surface area contributed by atoms with Crippen molar-refractivity contribution in [1.29, 1.82) is 0 Å². The fourth-order valence-corrected chi connectivity index (χ4v) is 4.68. The summed E-state index contributed by atoms with van der Waals surface area (Å²) in [7, 11) is 4.24. The summed E-state index contributed by atoms with van der Waals surface area (Å²) in [5.41, 5.74) is 5.14. The molecule has 1 aliphatic carbocycles. The fraction of sp³-hybridized carbons (Fsp3) is 0.500. The topological polar surface area (TPSA) is 68.4 Å². The minimum absolute atomic E-state index is 0.0753. The molecule has 6 nitrogen and oxygen atoms in total. The van der Waals surface area contributed by atoms with Crippen molar-refractivity contribution in [2.24, 2.45) is 0 Å². The predicted octanol–water partition coefficient (Wildman–Crippen LogP) is 1.61. The number of carbonyl (C=O) groups excluding carboxylic acids is 1. The van der Waals surface area contributed by atoms with Crippen LogP contribution in [0, 0.1) is 13.8 Å². The van der Waals surface area contributed by atoms with Crippen LogP contribution in [0.15, 0.2) is 28.0 Å². The van der Waals surface area contributed by atoms with Gasteiger partial charge in [-0.2, -0.15) is 4.98 Å². The van der Waals surface area contributed by atoms with E-state index in [0.29, 0.717) is 0 Å². The number of anilines is 1. The number of quaternary nitrogens is 1. The van der Waals surface area contributed by atoms with Crippen LogP contribution in [0.1, 0.15) is 35.2 Å². The molecule has 0 bridgehead atoms. The Labute approximate surface area is 176 Å². The molecule has 1 heterocycles. The van der Waals surface area contributed by atoms with Gasteiger partial charge in [0.2, 0.25) is 5.91 Å². The average Bonchev–Trinajstić information content (AvgIpc) is 3.14. The van der Waals surface area contributed by atoms with E-state index in [1.807, 2.05) is 30.5 Å². The van der Waals surface area contributed by atoms with Crippen LogP contribution in [0.2, 0.25) is 0 Å². The Balaban J connectivity index is 1.68. The van der Waals surface area contributed by atoms with Gasteiger partial charge in [-0.3, -0.25) is 9.36 Å². The molecule has 3 rings (SSSR count). The summed E-state index contributed by atoms with van der Waals surface area (Å²) >= 11 is 1.37. The van der Waals surface area contributed by atoms with Gasteiger partial charge in [-0.05, 0) is 44.7 Å². The first-order chi connectivity index (χ1) is 13.8. The zero-order chi connectivity index (χ0) is 21.0. The quantitative estimate of drug-likeness (QED) is 0.508. The summed E-state index contributed by atoms with van der Waals surface area (Å²) < 4.78 is 1.85. The maximum atomic E-state index is 12.6. The fourth-order valence-electron chi connectivity index (χ4n) is 3.80. The second-order valence-electron chi connectivity index (χ2n) is 8.10. The van der Waals surface area contributed by atoms with Gasteiger partial charge in [0.1, 0.15) is 5.03 Å². The highest BCUT2D eigenvalue weighted by molar-refractivity contribution is 8.00. The molecule has 29 heavy (non-hydrogen) atoms. The number of thioether (sulfide) groups is 1. The molecule has 2 N–H and O–H groups in total. The molecule has 0 atom stereocenters. The normalized spacial score (nSPS) is 13.0. The van der Waals surface area contributed by atoms with E-state index in [1.165, 1.54) is 22.2 Å². The standard InChI is InChI=1S/C22H30N4O2S/c1-15-9-10-18(16(2)13-15)23-20(27)14-29-21-17-7-5-8-19(17)26(22(28)24-21)12-6-11-25(3)4/h9-10,13H,5-8,11-12,14H2,1-4H3,(H,23,27)/p+1. The molecule has 1 aromatic carbocycles. The minimum Gasteiger partial charge on any atom is -0.340 e. The summed E-state index contributed by atoms with van der Waals surface area (Å²) in [5, 5.41) is 3.70. The third kappa shape index (κ3) is 5.48. The second-order valence-corrected chi connectivity index (χ2v) is 9.06. The second kappa shape index (κ2) is 9.59. The lowest BCUT2D eigenvalue weighted by atomic mass is 10.1. The molecule has 1 aromatic heterocycles. The number of rotatable bonds is 8. The van der Waals surface area contributed by atoms with Crippen LogP contribution >= 0.6 is 11.8 Å². The zero-order valence-corrected chi connectivity index (χ0v) is 18.6. The number of nitrogens with zero attached hydrogens (tertiary/aromatic N) is 2. The Morgan fingerprint density at radius 3 is 2.79 bits per heavy atom. The molecule has 1 aliphatic rings. The molecule has 2 aromatic rings. The van der Waals surface area contributed by atoms with Gasteiger partial charge in [0, 0.05) is 29.9 Å². The highest BCUT2D eigenvalue weighted by atomic mass is 32.2. The van der Waals surface area contributed by atoms with Crippen molar-refractivity contribution < 1.29 is 9.69 Å². The lowest BCUT2D eigenvalue weighted by Crippen LogP contribution is -3.05. The van der Waals surface area contributed by atoms with Crippen LogP contribution in [-0.2, 0) is 24.2 Å². The van der Waals surface area contributed by atoms with Crippen LogP contribution in [0.4, 0.5) is 5.69 Å². The number of carbonyl (C=O) groups is 1. The molecular weight excluding hydrogens is 384 g/mol. The van der Waals surface area contributed by atoms with Gasteiger partial charge in [0.15, 0.2) is 0 Å². The van der Waals surface area contributed by atoms with Gasteiger partial charge < -0.3 is 10.2 Å². The molecule has 0 spiro atoms. The molecule has 0 saturated carbocycles. The SMILES string of the molecule is Cc1ccc(NC(=O)CSc2nc(=O)n(CCC[NH+](C)C)c3c2CCC3)c(C)c1. The van der Waals surface area contributed by atoms with Crippen molar-refractivity contribution in [3.63, 3.8) is 0 Å². The smallest absolute Gasteiger partial charge is 0.340 e. The third-order valence-electron chi connectivity index (χ3n) is 5.26. The van der Waals surface area contributed by atoms with Gasteiger partial charge in [-0.1, -0.05) is 29.5 Å². The number of benzene rings is 1. The Kier molecular flexibility index (Phi) is 7.14. The number of aryl methyl sites for hydroxylation is 2. The van der Waals surface area contributed by atoms with Crippen molar-refractivity contribution in [1.82, 2.24) is 9.55 Å². The van der Waals surface area contributed by atoms with Crippen molar-refractivity contribution in [3.05, 3.63) is 51.1 Å². The van der Waals surface area contributed by atoms with E-state index in [-0.39, 0.29) is 17.3 Å². The number of hydrogen-bond acceptors (Lipinski definition) is 4. The van der Waals surface area contributed by atoms with Crippen LogP contribution in [-0.4, -0.2) is 41.9 Å². The summed E-state index contributed by atoms with van der Waals surface area (Å²) in [5.74, 6) is 0.175. The Morgan fingerprint density at radius 2 is 2.07 bits per heavy atom. The monoisotopic (exact) mass is 415 g/mol. The summed E-state index contributed by atoms with van der Waals surface area (Å²) in [6.45, 7) is 5.76. The van der Waals surface area contributed by atoms with Gasteiger partial charge >= 0.3 is 5.69 Å². The van der Waals surface area contributed by atoms with Gasteiger partial charge in [0.05, 0.1) is 26.4 Å². The Morgan fingerprint density at radius 1 is 1.28 bits per heavy atom. The van der Waals surface area contributed by atoms with E-state index >= 15 is 0 Å². The molecule has 0 unspecified atom stereocenters. The summed E-state index contributed by atoms with van der Waals surface area (Å²) in [6, 6.07) is 5.97. The molecule has 1 amide bonds. The molecule has 0 aliphatic heterocycles. The highest BCUT2D eigenvalue weighted by Gasteiger charge is 2.22. The predicted molar refractivity (Wildman–Crippen MR) is 118 cm³/mol. The number of aromatic nitrogens is 2. The third-order valence-corrected chi connectivity index (χ3v) is 6.27. The molecule has 0 saturated heterocycles. The van der Waals surface area contributed by atoms with Crippen molar-refractivity contribution in [2.45, 2.75) is 51.1 Å². The largest absolute Gasteiger partial charge is 0.348 e. The Bertz CT molecular complexity index is 953. The van der Waals surface area contributed by atoms with Crippen LogP contribution in [0.3, 0.4) is 0 Å². The first kappa shape index (κ1) is 21.6. The molecule has 0 fully saturated rings. The summed E-state index contributed by atoms with van der Waals surface area (Å²) in [6.07, 6.45) is 3.86. The van der Waals surface area contributed by atoms with Crippen LogP contribution in [0.25, 0.3) is 0 Å². The van der Waals surface area contributed by atoms with Crippen LogP contribution < -0.4 is 15.9 Å². The lowest BCUT2D eigenvalue weighted by Gasteiger charge is -2.15. The maximum absolute atomic E-state index is 12.6. The number of fused-ring (bicyclic) bond motifs is 1. The molecule has 7 heteroatoms. The number of nitrogens with one attached hydrogen (secondary N) is 2. The number of amides is 1. The van der Waals surface area contributed by atoms with E-state index in [1.54, 1.807) is 0 Å². The van der Waals surface area contributed by atoms with E-state index in [9.17, 15) is 9.59 Å². The first-order valence-corrected chi connectivity index (χ1v) is 11.2. The van der Waals surface area contributed by atoms with E-state index in [2.05, 4.69) is 30.5 Å². The van der Waals surface area contributed by atoms with Gasteiger partial charge in [-0.15, -0.1) is 0 Å². The molecule has 156 valence electrons. The summed E-state index contributed by atoms with van der Waals surface area (Å²) in [4.78, 5) is 30.8.